The van der Waals surface area contributed by atoms with E-state index in [4.69, 9.17) is 9.47 Å². The SMILES string of the molecule is CCOc1ccc(N2C(=O)C(=O)/C(=C(/O)c3ccccc3OC)C2c2ccccc2C)cc1. The number of ether oxygens (including phenoxy) is 2. The Bertz CT molecular complexity index is 1230. The summed E-state index contributed by atoms with van der Waals surface area (Å²) in [6, 6.07) is 20.6. The average Bonchev–Trinajstić information content (AvgIpc) is 3.10. The van der Waals surface area contributed by atoms with E-state index in [2.05, 4.69) is 0 Å². The van der Waals surface area contributed by atoms with Gasteiger partial charge in [0.05, 0.1) is 30.9 Å². The maximum atomic E-state index is 13.3. The van der Waals surface area contributed by atoms with Crippen molar-refractivity contribution in [1.82, 2.24) is 0 Å². The zero-order valence-electron chi connectivity index (χ0n) is 18.7. The maximum Gasteiger partial charge on any atom is 0.300 e. The van der Waals surface area contributed by atoms with E-state index in [0.717, 1.165) is 11.1 Å². The Morgan fingerprint density at radius 2 is 1.64 bits per heavy atom. The number of para-hydroxylation sites is 1. The first-order chi connectivity index (χ1) is 16.0. The minimum Gasteiger partial charge on any atom is -0.507 e. The molecule has 0 spiro atoms. The van der Waals surface area contributed by atoms with Crippen LogP contribution in [0.15, 0.2) is 78.4 Å². The van der Waals surface area contributed by atoms with Gasteiger partial charge in [-0.15, -0.1) is 0 Å². The summed E-state index contributed by atoms with van der Waals surface area (Å²) in [7, 11) is 1.49. The number of hydrogen-bond donors (Lipinski definition) is 1. The summed E-state index contributed by atoms with van der Waals surface area (Å²) in [6.07, 6.45) is 0. The standard InChI is InChI=1S/C27H25NO5/c1-4-33-19-15-13-18(14-16-19)28-24(20-10-6-5-9-17(20)2)23(26(30)27(28)31)25(29)21-11-7-8-12-22(21)32-3/h5-16,24,29H,4H2,1-3H3/b25-23+. The van der Waals surface area contributed by atoms with Gasteiger partial charge in [-0.25, -0.2) is 0 Å². The van der Waals surface area contributed by atoms with E-state index in [1.807, 2.05) is 38.1 Å². The predicted octanol–water partition coefficient (Wildman–Crippen LogP) is 5.03. The molecule has 1 unspecified atom stereocenters. The molecule has 6 nitrogen and oxygen atoms in total. The van der Waals surface area contributed by atoms with Crippen LogP contribution in [0.2, 0.25) is 0 Å². The number of anilines is 1. The number of aliphatic hydroxyl groups is 1. The fourth-order valence-corrected chi connectivity index (χ4v) is 4.14. The van der Waals surface area contributed by atoms with Crippen molar-refractivity contribution in [3.8, 4) is 11.5 Å². The Morgan fingerprint density at radius 3 is 2.30 bits per heavy atom. The number of benzene rings is 3. The molecule has 3 aromatic carbocycles. The van der Waals surface area contributed by atoms with E-state index in [9.17, 15) is 14.7 Å². The lowest BCUT2D eigenvalue weighted by molar-refractivity contribution is -0.132. The minimum atomic E-state index is -0.797. The first-order valence-electron chi connectivity index (χ1n) is 10.7. The fourth-order valence-electron chi connectivity index (χ4n) is 4.14. The van der Waals surface area contributed by atoms with Gasteiger partial charge >= 0.3 is 0 Å². The summed E-state index contributed by atoms with van der Waals surface area (Å²) in [5.74, 6) is -0.651. The highest BCUT2D eigenvalue weighted by Gasteiger charge is 2.47. The molecule has 4 rings (SSSR count). The van der Waals surface area contributed by atoms with Crippen LogP contribution in [0.4, 0.5) is 5.69 Å². The fraction of sp³-hybridized carbons (Fsp3) is 0.185. The highest BCUT2D eigenvalue weighted by Crippen LogP contribution is 2.44. The van der Waals surface area contributed by atoms with Crippen molar-refractivity contribution in [2.45, 2.75) is 19.9 Å². The maximum absolute atomic E-state index is 13.3. The van der Waals surface area contributed by atoms with Crippen molar-refractivity contribution in [3.05, 3.63) is 95.1 Å². The highest BCUT2D eigenvalue weighted by atomic mass is 16.5. The average molecular weight is 443 g/mol. The molecular weight excluding hydrogens is 418 g/mol. The molecule has 33 heavy (non-hydrogen) atoms. The van der Waals surface area contributed by atoms with Crippen LogP contribution >= 0.6 is 0 Å². The van der Waals surface area contributed by atoms with Crippen molar-refractivity contribution < 1.29 is 24.2 Å². The Kier molecular flexibility index (Phi) is 6.18. The molecule has 0 aromatic heterocycles. The molecule has 1 saturated heterocycles. The van der Waals surface area contributed by atoms with E-state index in [1.165, 1.54) is 12.0 Å². The number of nitrogens with zero attached hydrogens (tertiary/aromatic N) is 1. The molecule has 0 aliphatic carbocycles. The summed E-state index contributed by atoms with van der Waals surface area (Å²) in [6.45, 7) is 4.32. The number of carbonyl (C=O) groups excluding carboxylic acids is 2. The van der Waals surface area contributed by atoms with Gasteiger partial charge in [-0.2, -0.15) is 0 Å². The number of methoxy groups -OCH3 is 1. The minimum absolute atomic E-state index is 0.0210. The van der Waals surface area contributed by atoms with Gasteiger partial charge in [0.2, 0.25) is 0 Å². The molecule has 1 aliphatic heterocycles. The number of hydrogen-bond acceptors (Lipinski definition) is 5. The molecule has 0 saturated carbocycles. The summed E-state index contributed by atoms with van der Waals surface area (Å²) < 4.78 is 10.9. The Hall–Kier alpha value is -4.06. The van der Waals surface area contributed by atoms with Crippen molar-refractivity contribution in [3.63, 3.8) is 0 Å². The van der Waals surface area contributed by atoms with E-state index >= 15 is 0 Å². The van der Waals surface area contributed by atoms with E-state index in [0.29, 0.717) is 29.4 Å². The molecule has 0 radical (unpaired) electrons. The van der Waals surface area contributed by atoms with Crippen LogP contribution < -0.4 is 14.4 Å². The van der Waals surface area contributed by atoms with Gasteiger partial charge in [-0.05, 0) is 61.4 Å². The first-order valence-corrected chi connectivity index (χ1v) is 10.7. The van der Waals surface area contributed by atoms with Crippen LogP contribution in [0.3, 0.4) is 0 Å². The molecule has 1 N–H and O–H groups in total. The van der Waals surface area contributed by atoms with Gasteiger partial charge in [0.25, 0.3) is 11.7 Å². The van der Waals surface area contributed by atoms with E-state index < -0.39 is 17.7 Å². The molecule has 168 valence electrons. The molecule has 6 heteroatoms. The van der Waals surface area contributed by atoms with Gasteiger partial charge in [0.1, 0.15) is 17.3 Å². The molecule has 3 aromatic rings. The quantitative estimate of drug-likeness (QED) is 0.329. The van der Waals surface area contributed by atoms with Crippen LogP contribution in [-0.2, 0) is 9.59 Å². The number of rotatable bonds is 6. The third-order valence-electron chi connectivity index (χ3n) is 5.72. The van der Waals surface area contributed by atoms with E-state index in [-0.39, 0.29) is 11.3 Å². The molecule has 0 bridgehead atoms. The smallest absolute Gasteiger partial charge is 0.300 e. The zero-order chi connectivity index (χ0) is 23.5. The molecular formula is C27H25NO5. The number of Topliss-reactive ketones (excluding diaryl/α,β-unsaturated/α-hetero) is 1. The topological polar surface area (TPSA) is 76.1 Å². The normalized spacial score (nSPS) is 17.3. The predicted molar refractivity (Wildman–Crippen MR) is 127 cm³/mol. The third-order valence-corrected chi connectivity index (χ3v) is 5.72. The summed E-state index contributed by atoms with van der Waals surface area (Å²) in [5, 5.41) is 11.3. The van der Waals surface area contributed by atoms with Gasteiger partial charge < -0.3 is 14.6 Å². The van der Waals surface area contributed by atoms with Crippen LogP contribution in [0, 0.1) is 6.92 Å². The molecule has 1 fully saturated rings. The molecule has 1 aliphatic rings. The second-order valence-corrected chi connectivity index (χ2v) is 7.65. The van der Waals surface area contributed by atoms with E-state index in [1.54, 1.807) is 48.5 Å². The lowest BCUT2D eigenvalue weighted by Crippen LogP contribution is -2.29. The number of aliphatic hydroxyl groups excluding tert-OH is 1. The van der Waals surface area contributed by atoms with Gasteiger partial charge in [-0.3, -0.25) is 14.5 Å². The summed E-state index contributed by atoms with van der Waals surface area (Å²) in [4.78, 5) is 28.0. The largest absolute Gasteiger partial charge is 0.507 e. The zero-order valence-corrected chi connectivity index (χ0v) is 18.7. The molecule has 1 atom stereocenters. The van der Waals surface area contributed by atoms with Crippen LogP contribution in [-0.4, -0.2) is 30.5 Å². The monoisotopic (exact) mass is 443 g/mol. The van der Waals surface area contributed by atoms with Crippen molar-refractivity contribution in [2.24, 2.45) is 0 Å². The number of amides is 1. The Labute approximate surface area is 192 Å². The second-order valence-electron chi connectivity index (χ2n) is 7.65. The number of aryl methyl sites for hydroxylation is 1. The third kappa shape index (κ3) is 3.96. The van der Waals surface area contributed by atoms with Crippen LogP contribution in [0.25, 0.3) is 5.76 Å². The van der Waals surface area contributed by atoms with Crippen molar-refractivity contribution in [2.75, 3.05) is 18.6 Å². The molecule has 1 heterocycles. The summed E-state index contributed by atoms with van der Waals surface area (Å²) >= 11 is 0. The van der Waals surface area contributed by atoms with Crippen LogP contribution in [0.1, 0.15) is 29.7 Å². The number of ketones is 1. The van der Waals surface area contributed by atoms with Crippen LogP contribution in [0.5, 0.6) is 11.5 Å². The number of carbonyl (C=O) groups is 2. The Morgan fingerprint density at radius 1 is 0.970 bits per heavy atom. The van der Waals surface area contributed by atoms with Gasteiger partial charge in [-0.1, -0.05) is 36.4 Å². The van der Waals surface area contributed by atoms with Gasteiger partial charge in [0.15, 0.2) is 0 Å². The van der Waals surface area contributed by atoms with Crippen molar-refractivity contribution >= 4 is 23.1 Å². The summed E-state index contributed by atoms with van der Waals surface area (Å²) in [5.41, 5.74) is 2.55. The second kappa shape index (κ2) is 9.20. The first kappa shape index (κ1) is 22.1. The highest BCUT2D eigenvalue weighted by molar-refractivity contribution is 6.51. The lowest BCUT2D eigenvalue weighted by atomic mass is 9.92. The van der Waals surface area contributed by atoms with Crippen molar-refractivity contribution in [1.29, 1.82) is 0 Å². The van der Waals surface area contributed by atoms with Gasteiger partial charge in [0, 0.05) is 5.69 Å². The Balaban J connectivity index is 1.94. The lowest BCUT2D eigenvalue weighted by Gasteiger charge is -2.27. The molecule has 1 amide bonds.